The monoisotopic (exact) mass is 221 g/mol. The van der Waals surface area contributed by atoms with Crippen molar-refractivity contribution in [3.8, 4) is 0 Å². The average Bonchev–Trinajstić information content (AvgIpc) is 2.70. The molecule has 2 aromatic rings. The van der Waals surface area contributed by atoms with Gasteiger partial charge < -0.3 is 14.6 Å². The molecule has 84 valence electrons. The van der Waals surface area contributed by atoms with Crippen LogP contribution in [0.2, 0.25) is 0 Å². The molecule has 7 nitrogen and oxygen atoms in total. The van der Waals surface area contributed by atoms with Crippen LogP contribution in [0.3, 0.4) is 0 Å². The fraction of sp³-hybridized carbons (Fsp3) is 0.444. The Kier molecular flexibility index (Phi) is 2.10. The van der Waals surface area contributed by atoms with E-state index in [0.717, 1.165) is 18.9 Å². The standard InChI is InChI=1S/C9H11N5O2/c15-9-12-6-7(13-9)10-5-11-8(6)14-1-3-16-4-2-14/h5H,1-4H2,(H2,10,11,12,13,15). The Balaban J connectivity index is 2.11. The molecule has 0 saturated carbocycles. The summed E-state index contributed by atoms with van der Waals surface area (Å²) in [5.41, 5.74) is 0.945. The lowest BCUT2D eigenvalue weighted by Gasteiger charge is -2.27. The van der Waals surface area contributed by atoms with Crippen molar-refractivity contribution in [3.05, 3.63) is 16.8 Å². The molecule has 0 spiro atoms. The zero-order valence-electron chi connectivity index (χ0n) is 8.56. The first-order valence-corrected chi connectivity index (χ1v) is 5.10. The lowest BCUT2D eigenvalue weighted by atomic mass is 10.4. The molecule has 0 unspecified atom stereocenters. The predicted molar refractivity (Wildman–Crippen MR) is 57.5 cm³/mol. The Morgan fingerprint density at radius 2 is 2.06 bits per heavy atom. The molecule has 1 fully saturated rings. The maximum absolute atomic E-state index is 11.2. The van der Waals surface area contributed by atoms with Gasteiger partial charge in [-0.3, -0.25) is 4.98 Å². The van der Waals surface area contributed by atoms with Crippen LogP contribution in [0.5, 0.6) is 0 Å². The maximum Gasteiger partial charge on any atom is 0.325 e. The molecule has 0 radical (unpaired) electrons. The van der Waals surface area contributed by atoms with Gasteiger partial charge in [0.2, 0.25) is 0 Å². The number of ether oxygens (including phenoxy) is 1. The van der Waals surface area contributed by atoms with Gasteiger partial charge in [-0.25, -0.2) is 14.8 Å². The van der Waals surface area contributed by atoms with E-state index in [0.29, 0.717) is 24.4 Å². The Hall–Kier alpha value is -1.89. The Morgan fingerprint density at radius 3 is 2.88 bits per heavy atom. The van der Waals surface area contributed by atoms with E-state index in [4.69, 9.17) is 4.74 Å². The van der Waals surface area contributed by atoms with Crippen LogP contribution >= 0.6 is 0 Å². The minimum Gasteiger partial charge on any atom is -0.378 e. The smallest absolute Gasteiger partial charge is 0.325 e. The molecule has 16 heavy (non-hydrogen) atoms. The topological polar surface area (TPSA) is 86.9 Å². The molecule has 1 aliphatic heterocycles. The first-order valence-electron chi connectivity index (χ1n) is 5.10. The zero-order chi connectivity index (χ0) is 11.0. The SMILES string of the molecule is O=c1[nH]c2ncnc(N3CCOCC3)c2[nH]1. The van der Waals surface area contributed by atoms with Gasteiger partial charge in [0.1, 0.15) is 11.8 Å². The number of H-pyrrole nitrogens is 2. The molecule has 0 bridgehead atoms. The van der Waals surface area contributed by atoms with Gasteiger partial charge in [0.25, 0.3) is 0 Å². The average molecular weight is 221 g/mol. The Bertz CT molecular complexity index is 554. The molecule has 1 saturated heterocycles. The van der Waals surface area contributed by atoms with Gasteiger partial charge >= 0.3 is 5.69 Å². The molecule has 2 N–H and O–H groups in total. The number of aromatic nitrogens is 4. The lowest BCUT2D eigenvalue weighted by Crippen LogP contribution is -2.37. The fourth-order valence-corrected chi connectivity index (χ4v) is 1.85. The van der Waals surface area contributed by atoms with Gasteiger partial charge in [0.15, 0.2) is 11.5 Å². The second-order valence-electron chi connectivity index (χ2n) is 3.60. The van der Waals surface area contributed by atoms with Gasteiger partial charge in [-0.2, -0.15) is 0 Å². The number of imidazole rings is 1. The third-order valence-corrected chi connectivity index (χ3v) is 2.61. The van der Waals surface area contributed by atoms with E-state index in [1.165, 1.54) is 6.33 Å². The third kappa shape index (κ3) is 1.45. The molecule has 3 heterocycles. The fourth-order valence-electron chi connectivity index (χ4n) is 1.85. The zero-order valence-corrected chi connectivity index (χ0v) is 8.56. The van der Waals surface area contributed by atoms with Crippen molar-refractivity contribution >= 4 is 17.0 Å². The summed E-state index contributed by atoms with van der Waals surface area (Å²) in [5.74, 6) is 0.756. The van der Waals surface area contributed by atoms with Crippen LogP contribution in [-0.2, 0) is 4.74 Å². The van der Waals surface area contributed by atoms with Crippen LogP contribution in [0.25, 0.3) is 11.2 Å². The quantitative estimate of drug-likeness (QED) is 0.676. The van der Waals surface area contributed by atoms with Crippen molar-refractivity contribution in [1.82, 2.24) is 19.9 Å². The molecule has 3 rings (SSSR count). The summed E-state index contributed by atoms with van der Waals surface area (Å²) in [7, 11) is 0. The number of rotatable bonds is 1. The van der Waals surface area contributed by atoms with Gasteiger partial charge in [0, 0.05) is 13.1 Å². The van der Waals surface area contributed by atoms with Crippen molar-refractivity contribution in [1.29, 1.82) is 0 Å². The van der Waals surface area contributed by atoms with Crippen molar-refractivity contribution < 1.29 is 4.74 Å². The molecule has 2 aromatic heterocycles. The van der Waals surface area contributed by atoms with Crippen molar-refractivity contribution in [2.24, 2.45) is 0 Å². The number of aromatic amines is 2. The molecule has 0 amide bonds. The Morgan fingerprint density at radius 1 is 1.25 bits per heavy atom. The summed E-state index contributed by atoms with van der Waals surface area (Å²) >= 11 is 0. The van der Waals surface area contributed by atoms with Gasteiger partial charge in [0.05, 0.1) is 13.2 Å². The van der Waals surface area contributed by atoms with E-state index in [-0.39, 0.29) is 5.69 Å². The predicted octanol–water partition coefficient (Wildman–Crippen LogP) is -0.517. The first kappa shape index (κ1) is 9.34. The molecule has 0 aliphatic carbocycles. The van der Waals surface area contributed by atoms with E-state index in [1.54, 1.807) is 0 Å². The second kappa shape index (κ2) is 3.60. The number of nitrogens with one attached hydrogen (secondary N) is 2. The van der Waals surface area contributed by atoms with E-state index in [1.807, 2.05) is 0 Å². The molecule has 7 heteroatoms. The van der Waals surface area contributed by atoms with E-state index in [2.05, 4.69) is 24.8 Å². The number of hydrogen-bond acceptors (Lipinski definition) is 5. The molecule has 1 aliphatic rings. The molecular weight excluding hydrogens is 210 g/mol. The van der Waals surface area contributed by atoms with Crippen LogP contribution in [0, 0.1) is 0 Å². The van der Waals surface area contributed by atoms with E-state index >= 15 is 0 Å². The van der Waals surface area contributed by atoms with Crippen molar-refractivity contribution in [3.63, 3.8) is 0 Å². The number of hydrogen-bond donors (Lipinski definition) is 2. The van der Waals surface area contributed by atoms with Gasteiger partial charge in [-0.15, -0.1) is 0 Å². The normalized spacial score (nSPS) is 16.9. The summed E-state index contributed by atoms with van der Waals surface area (Å²) < 4.78 is 5.27. The van der Waals surface area contributed by atoms with Crippen LogP contribution < -0.4 is 10.6 Å². The highest BCUT2D eigenvalue weighted by Gasteiger charge is 2.16. The van der Waals surface area contributed by atoms with E-state index < -0.39 is 0 Å². The highest BCUT2D eigenvalue weighted by molar-refractivity contribution is 5.82. The van der Waals surface area contributed by atoms with Gasteiger partial charge in [-0.1, -0.05) is 0 Å². The number of anilines is 1. The highest BCUT2D eigenvalue weighted by atomic mass is 16.5. The molecular formula is C9H11N5O2. The largest absolute Gasteiger partial charge is 0.378 e. The molecule has 0 aromatic carbocycles. The number of morpholine rings is 1. The van der Waals surface area contributed by atoms with Crippen molar-refractivity contribution in [2.45, 2.75) is 0 Å². The van der Waals surface area contributed by atoms with Crippen LogP contribution in [0.15, 0.2) is 11.1 Å². The van der Waals surface area contributed by atoms with Crippen LogP contribution in [0.1, 0.15) is 0 Å². The molecule has 0 atom stereocenters. The summed E-state index contributed by atoms with van der Waals surface area (Å²) in [6.45, 7) is 2.92. The number of fused-ring (bicyclic) bond motifs is 1. The van der Waals surface area contributed by atoms with E-state index in [9.17, 15) is 4.79 Å². The summed E-state index contributed by atoms with van der Waals surface area (Å²) in [6.07, 6.45) is 1.46. The summed E-state index contributed by atoms with van der Waals surface area (Å²) in [6, 6.07) is 0. The van der Waals surface area contributed by atoms with Crippen molar-refractivity contribution in [2.75, 3.05) is 31.2 Å². The Labute approximate surface area is 90.5 Å². The highest BCUT2D eigenvalue weighted by Crippen LogP contribution is 2.19. The number of nitrogens with zero attached hydrogens (tertiary/aromatic N) is 3. The minimum atomic E-state index is -0.259. The van der Waals surface area contributed by atoms with Crippen LogP contribution in [0.4, 0.5) is 5.82 Å². The second-order valence-corrected chi connectivity index (χ2v) is 3.60. The summed E-state index contributed by atoms with van der Waals surface area (Å²) in [5, 5.41) is 0. The first-order chi connectivity index (χ1) is 7.84. The lowest BCUT2D eigenvalue weighted by molar-refractivity contribution is 0.122. The summed E-state index contributed by atoms with van der Waals surface area (Å²) in [4.78, 5) is 26.8. The van der Waals surface area contributed by atoms with Gasteiger partial charge in [-0.05, 0) is 0 Å². The van der Waals surface area contributed by atoms with Crippen LogP contribution in [-0.4, -0.2) is 46.2 Å². The minimum absolute atomic E-state index is 0.259. The maximum atomic E-state index is 11.2. The third-order valence-electron chi connectivity index (χ3n) is 2.61.